The molecular weight excluding hydrogens is 420 g/mol. The molecule has 0 aliphatic heterocycles. The van der Waals surface area contributed by atoms with E-state index in [4.69, 9.17) is 4.74 Å². The Kier molecular flexibility index (Phi) is 7.37. The second-order valence-electron chi connectivity index (χ2n) is 6.39. The van der Waals surface area contributed by atoms with Gasteiger partial charge >= 0.3 is 0 Å². The van der Waals surface area contributed by atoms with Crippen LogP contribution in [0.2, 0.25) is 0 Å². The van der Waals surface area contributed by atoms with Gasteiger partial charge in [0.2, 0.25) is 5.91 Å². The number of carbonyl (C=O) groups excluding carboxylic acids is 1. The molecule has 0 spiro atoms. The maximum atomic E-state index is 12.6. The zero-order valence-corrected chi connectivity index (χ0v) is 18.0. The predicted molar refractivity (Wildman–Crippen MR) is 121 cm³/mol. The van der Waals surface area contributed by atoms with Gasteiger partial charge in [0, 0.05) is 17.5 Å². The molecule has 3 aromatic carbocycles. The lowest BCUT2D eigenvalue weighted by atomic mass is 10.2. The summed E-state index contributed by atoms with van der Waals surface area (Å²) < 4.78 is 32.8. The molecular formula is C22H22N2O4S2. The van der Waals surface area contributed by atoms with Crippen LogP contribution in [0.5, 0.6) is 5.75 Å². The molecule has 0 atom stereocenters. The van der Waals surface area contributed by atoms with Crippen LogP contribution in [-0.4, -0.2) is 27.2 Å². The van der Waals surface area contributed by atoms with Crippen LogP contribution in [0.15, 0.2) is 83.8 Å². The number of hydrogen-bond donors (Lipinski definition) is 2. The summed E-state index contributed by atoms with van der Waals surface area (Å²) in [4.78, 5) is 12.2. The molecule has 0 saturated heterocycles. The largest absolute Gasteiger partial charge is 0.497 e. The first-order valence-electron chi connectivity index (χ1n) is 9.15. The summed E-state index contributed by atoms with van der Waals surface area (Å²) in [5.74, 6) is 1.48. The van der Waals surface area contributed by atoms with Gasteiger partial charge in [-0.3, -0.25) is 9.52 Å². The van der Waals surface area contributed by atoms with E-state index in [0.717, 1.165) is 11.3 Å². The second-order valence-corrected chi connectivity index (χ2v) is 9.06. The fraction of sp³-hybridized carbons (Fsp3) is 0.136. The van der Waals surface area contributed by atoms with Crippen molar-refractivity contribution in [3.63, 3.8) is 0 Å². The first kappa shape index (κ1) is 21.7. The van der Waals surface area contributed by atoms with Crippen LogP contribution in [0.25, 0.3) is 0 Å². The van der Waals surface area contributed by atoms with Crippen molar-refractivity contribution in [3.8, 4) is 5.75 Å². The summed E-state index contributed by atoms with van der Waals surface area (Å²) in [7, 11) is -2.24. The number of hydrogen-bond acceptors (Lipinski definition) is 5. The molecule has 0 saturated carbocycles. The van der Waals surface area contributed by atoms with E-state index in [1.165, 1.54) is 31.0 Å². The number of thioether (sulfide) groups is 1. The van der Waals surface area contributed by atoms with E-state index in [9.17, 15) is 13.2 Å². The Balaban J connectivity index is 1.55. The van der Waals surface area contributed by atoms with Crippen molar-refractivity contribution in [2.75, 3.05) is 22.9 Å². The third kappa shape index (κ3) is 6.27. The van der Waals surface area contributed by atoms with E-state index in [1.54, 1.807) is 36.4 Å². The zero-order valence-electron chi connectivity index (χ0n) is 16.4. The fourth-order valence-corrected chi connectivity index (χ4v) is 4.49. The number of ether oxygens (including phenoxy) is 1. The Morgan fingerprint density at radius 3 is 2.37 bits per heavy atom. The van der Waals surface area contributed by atoms with Crippen molar-refractivity contribution in [3.05, 3.63) is 84.4 Å². The van der Waals surface area contributed by atoms with Gasteiger partial charge in [0.1, 0.15) is 5.75 Å². The number of sulfonamides is 1. The highest BCUT2D eigenvalue weighted by atomic mass is 32.2. The summed E-state index contributed by atoms with van der Waals surface area (Å²) in [6, 6.07) is 22.6. The van der Waals surface area contributed by atoms with Gasteiger partial charge in [-0.25, -0.2) is 8.42 Å². The number of rotatable bonds is 9. The van der Waals surface area contributed by atoms with E-state index in [-0.39, 0.29) is 10.8 Å². The molecule has 0 radical (unpaired) electrons. The molecule has 1 amide bonds. The molecule has 8 heteroatoms. The number of benzene rings is 3. The monoisotopic (exact) mass is 442 g/mol. The van der Waals surface area contributed by atoms with E-state index in [1.807, 2.05) is 30.3 Å². The third-order valence-electron chi connectivity index (χ3n) is 4.12. The van der Waals surface area contributed by atoms with Gasteiger partial charge in [0.05, 0.1) is 23.4 Å². The molecule has 0 aliphatic rings. The van der Waals surface area contributed by atoms with Crippen molar-refractivity contribution in [1.29, 1.82) is 0 Å². The van der Waals surface area contributed by atoms with E-state index in [2.05, 4.69) is 10.0 Å². The lowest BCUT2D eigenvalue weighted by molar-refractivity contribution is -0.113. The number of nitrogens with one attached hydrogen (secondary N) is 2. The first-order chi connectivity index (χ1) is 14.5. The predicted octanol–water partition coefficient (Wildman–Crippen LogP) is 4.37. The summed E-state index contributed by atoms with van der Waals surface area (Å²) in [5.41, 5.74) is 2.11. The molecule has 2 N–H and O–H groups in total. The SMILES string of the molecule is COc1cccc(NS(=O)(=O)c2ccc(NC(=O)CSCc3ccccc3)cc2)c1. The highest BCUT2D eigenvalue weighted by Crippen LogP contribution is 2.22. The van der Waals surface area contributed by atoms with Gasteiger partial charge < -0.3 is 10.1 Å². The molecule has 3 aromatic rings. The van der Waals surface area contributed by atoms with Gasteiger partial charge in [-0.1, -0.05) is 36.4 Å². The quantitative estimate of drug-likeness (QED) is 0.514. The topological polar surface area (TPSA) is 84.5 Å². The Hall–Kier alpha value is -2.97. The van der Waals surface area contributed by atoms with Crippen LogP contribution in [-0.2, 0) is 20.6 Å². The Morgan fingerprint density at radius 1 is 0.933 bits per heavy atom. The van der Waals surface area contributed by atoms with Crippen LogP contribution in [0.4, 0.5) is 11.4 Å². The van der Waals surface area contributed by atoms with E-state index in [0.29, 0.717) is 22.9 Å². The average molecular weight is 443 g/mol. The normalized spacial score (nSPS) is 11.0. The smallest absolute Gasteiger partial charge is 0.261 e. The average Bonchev–Trinajstić information content (AvgIpc) is 2.75. The van der Waals surface area contributed by atoms with Crippen LogP contribution in [0.1, 0.15) is 5.56 Å². The molecule has 0 aliphatic carbocycles. The lowest BCUT2D eigenvalue weighted by Crippen LogP contribution is -2.15. The van der Waals surface area contributed by atoms with E-state index >= 15 is 0 Å². The molecule has 156 valence electrons. The molecule has 0 bridgehead atoms. The Morgan fingerprint density at radius 2 is 1.67 bits per heavy atom. The molecule has 0 unspecified atom stereocenters. The van der Waals surface area contributed by atoms with Crippen LogP contribution in [0, 0.1) is 0 Å². The third-order valence-corrected chi connectivity index (χ3v) is 6.52. The van der Waals surface area contributed by atoms with Gasteiger partial charge in [-0.2, -0.15) is 0 Å². The first-order valence-corrected chi connectivity index (χ1v) is 11.8. The standard InChI is InChI=1S/C22H22N2O4S2/c1-28-20-9-5-8-19(14-20)24-30(26,27)21-12-10-18(11-13-21)23-22(25)16-29-15-17-6-3-2-4-7-17/h2-14,24H,15-16H2,1H3,(H,23,25). The molecule has 3 rings (SSSR count). The fourth-order valence-electron chi connectivity index (χ4n) is 2.65. The minimum atomic E-state index is -3.75. The maximum Gasteiger partial charge on any atom is 0.261 e. The summed E-state index contributed by atoms with van der Waals surface area (Å²) in [6.45, 7) is 0. The second kappa shape index (κ2) is 10.2. The van der Waals surface area contributed by atoms with Crippen LogP contribution >= 0.6 is 11.8 Å². The minimum Gasteiger partial charge on any atom is -0.497 e. The van der Waals surface area contributed by atoms with E-state index < -0.39 is 10.0 Å². The molecule has 6 nitrogen and oxygen atoms in total. The van der Waals surface area contributed by atoms with Gasteiger partial charge in [-0.05, 0) is 42.0 Å². The van der Waals surface area contributed by atoms with Crippen molar-refractivity contribution in [2.45, 2.75) is 10.6 Å². The molecule has 0 heterocycles. The van der Waals surface area contributed by atoms with Crippen LogP contribution in [0.3, 0.4) is 0 Å². The summed E-state index contributed by atoms with van der Waals surface area (Å²) >= 11 is 1.52. The highest BCUT2D eigenvalue weighted by molar-refractivity contribution is 7.99. The van der Waals surface area contributed by atoms with Gasteiger partial charge in [0.15, 0.2) is 0 Å². The summed E-state index contributed by atoms with van der Waals surface area (Å²) in [6.07, 6.45) is 0. The lowest BCUT2D eigenvalue weighted by Gasteiger charge is -2.10. The van der Waals surface area contributed by atoms with Crippen molar-refractivity contribution >= 4 is 39.1 Å². The number of carbonyl (C=O) groups is 1. The zero-order chi connectivity index (χ0) is 21.4. The number of methoxy groups -OCH3 is 1. The molecule has 0 aromatic heterocycles. The minimum absolute atomic E-state index is 0.0989. The van der Waals surface area contributed by atoms with Crippen molar-refractivity contribution in [2.24, 2.45) is 0 Å². The number of amides is 1. The molecule has 30 heavy (non-hydrogen) atoms. The molecule has 0 fully saturated rings. The Bertz CT molecular complexity index is 1090. The van der Waals surface area contributed by atoms with Gasteiger partial charge in [0.25, 0.3) is 10.0 Å². The maximum absolute atomic E-state index is 12.6. The summed E-state index contributed by atoms with van der Waals surface area (Å²) in [5, 5.41) is 2.78. The highest BCUT2D eigenvalue weighted by Gasteiger charge is 2.15. The van der Waals surface area contributed by atoms with Crippen molar-refractivity contribution < 1.29 is 17.9 Å². The van der Waals surface area contributed by atoms with Crippen LogP contribution < -0.4 is 14.8 Å². The Labute approximate surface area is 180 Å². The number of anilines is 2. The van der Waals surface area contributed by atoms with Crippen molar-refractivity contribution in [1.82, 2.24) is 0 Å². The van der Waals surface area contributed by atoms with Gasteiger partial charge in [-0.15, -0.1) is 11.8 Å².